The summed E-state index contributed by atoms with van der Waals surface area (Å²) < 4.78 is 18.8. The summed E-state index contributed by atoms with van der Waals surface area (Å²) in [7, 11) is 0. The highest BCUT2D eigenvalue weighted by molar-refractivity contribution is 7.80. The molecule has 0 aromatic heterocycles. The fourth-order valence-corrected chi connectivity index (χ4v) is 4.18. The van der Waals surface area contributed by atoms with Crippen molar-refractivity contribution in [2.45, 2.75) is 63.6 Å². The number of nitrogens with one attached hydrogen (secondary N) is 2. The molecule has 1 atom stereocenters. The summed E-state index contributed by atoms with van der Waals surface area (Å²) in [5, 5.41) is 6.61. The highest BCUT2D eigenvalue weighted by atomic mass is 32.1. The smallest absolute Gasteiger partial charge is 0.239 e. The van der Waals surface area contributed by atoms with Gasteiger partial charge in [0.2, 0.25) is 5.91 Å². The summed E-state index contributed by atoms with van der Waals surface area (Å²) in [6.07, 6.45) is 8.01. The van der Waals surface area contributed by atoms with Gasteiger partial charge in [-0.1, -0.05) is 31.4 Å². The van der Waals surface area contributed by atoms with Crippen LogP contribution in [0.3, 0.4) is 0 Å². The van der Waals surface area contributed by atoms with Crippen molar-refractivity contribution in [2.75, 3.05) is 19.7 Å². The van der Waals surface area contributed by atoms with E-state index >= 15 is 0 Å². The maximum Gasteiger partial charge on any atom is 0.239 e. The Morgan fingerprint density at radius 2 is 1.86 bits per heavy atom. The van der Waals surface area contributed by atoms with Crippen LogP contribution in [0.25, 0.3) is 0 Å². The van der Waals surface area contributed by atoms with Gasteiger partial charge in [0.1, 0.15) is 5.82 Å². The summed E-state index contributed by atoms with van der Waals surface area (Å²) in [5.74, 6) is -0.320. The highest BCUT2D eigenvalue weighted by Gasteiger charge is 2.24. The van der Waals surface area contributed by atoms with Crippen LogP contribution in [0.2, 0.25) is 0 Å². The molecular weight excluding hydrogens is 377 g/mol. The van der Waals surface area contributed by atoms with Crippen molar-refractivity contribution in [3.05, 3.63) is 35.6 Å². The maximum atomic E-state index is 13.2. The van der Waals surface area contributed by atoms with E-state index in [4.69, 9.17) is 17.0 Å². The molecular formula is C21H30FN3O2S. The predicted molar refractivity (Wildman–Crippen MR) is 111 cm³/mol. The molecule has 1 saturated heterocycles. The quantitative estimate of drug-likeness (QED) is 0.680. The number of amides is 1. The number of rotatable bonds is 7. The fourth-order valence-electron chi connectivity index (χ4n) is 3.90. The number of nitrogens with zero attached hydrogens (tertiary/aromatic N) is 1. The van der Waals surface area contributed by atoms with Crippen molar-refractivity contribution >= 4 is 23.2 Å². The van der Waals surface area contributed by atoms with Crippen molar-refractivity contribution in [3.63, 3.8) is 0 Å². The van der Waals surface area contributed by atoms with Crippen LogP contribution in [0.5, 0.6) is 0 Å². The van der Waals surface area contributed by atoms with Crippen LogP contribution in [0, 0.1) is 5.82 Å². The summed E-state index contributed by atoms with van der Waals surface area (Å²) in [6.45, 7) is 2.10. The first kappa shape index (κ1) is 21.0. The van der Waals surface area contributed by atoms with Gasteiger partial charge in [-0.05, 0) is 55.6 Å². The Kier molecular flexibility index (Phi) is 8.03. The zero-order chi connectivity index (χ0) is 19.8. The highest BCUT2D eigenvalue weighted by Crippen LogP contribution is 2.24. The van der Waals surface area contributed by atoms with Crippen molar-refractivity contribution in [1.29, 1.82) is 0 Å². The van der Waals surface area contributed by atoms with Gasteiger partial charge < -0.3 is 20.3 Å². The number of hydrogen-bond donors (Lipinski definition) is 2. The van der Waals surface area contributed by atoms with E-state index in [9.17, 15) is 9.18 Å². The Morgan fingerprint density at radius 1 is 1.11 bits per heavy atom. The number of benzene rings is 1. The summed E-state index contributed by atoms with van der Waals surface area (Å²) in [6, 6.07) is 6.89. The predicted octanol–water partition coefficient (Wildman–Crippen LogP) is 3.13. The average molecular weight is 408 g/mol. The van der Waals surface area contributed by atoms with E-state index in [0.717, 1.165) is 37.9 Å². The van der Waals surface area contributed by atoms with Gasteiger partial charge in [0.15, 0.2) is 5.11 Å². The van der Waals surface area contributed by atoms with Crippen LogP contribution < -0.4 is 10.6 Å². The second-order valence-corrected chi connectivity index (χ2v) is 8.03. The lowest BCUT2D eigenvalue weighted by Crippen LogP contribution is -2.49. The summed E-state index contributed by atoms with van der Waals surface area (Å²) >= 11 is 5.63. The molecule has 1 amide bonds. The Morgan fingerprint density at radius 3 is 2.54 bits per heavy atom. The molecule has 154 valence electrons. The van der Waals surface area contributed by atoms with E-state index < -0.39 is 0 Å². The number of carbonyl (C=O) groups is 1. The van der Waals surface area contributed by atoms with Crippen LogP contribution >= 0.6 is 12.2 Å². The number of halogens is 1. The zero-order valence-corrected chi connectivity index (χ0v) is 17.1. The molecule has 0 spiro atoms. The van der Waals surface area contributed by atoms with E-state index in [1.165, 1.54) is 31.4 Å². The van der Waals surface area contributed by atoms with E-state index in [1.54, 1.807) is 12.1 Å². The number of carbonyl (C=O) groups excluding carboxylic acids is 1. The Labute approximate surface area is 172 Å². The molecule has 2 N–H and O–H groups in total. The van der Waals surface area contributed by atoms with Gasteiger partial charge in [0.25, 0.3) is 0 Å². The number of ether oxygens (including phenoxy) is 1. The molecule has 3 rings (SSSR count). The first-order valence-electron chi connectivity index (χ1n) is 10.3. The van der Waals surface area contributed by atoms with Gasteiger partial charge in [-0.3, -0.25) is 4.79 Å². The van der Waals surface area contributed by atoms with Gasteiger partial charge in [0, 0.05) is 25.7 Å². The van der Waals surface area contributed by atoms with Gasteiger partial charge in [-0.2, -0.15) is 0 Å². The molecule has 1 aliphatic heterocycles. The Bertz CT molecular complexity index is 644. The van der Waals surface area contributed by atoms with Gasteiger partial charge in [-0.25, -0.2) is 4.39 Å². The van der Waals surface area contributed by atoms with E-state index in [-0.39, 0.29) is 24.4 Å². The van der Waals surface area contributed by atoms with Crippen molar-refractivity contribution in [1.82, 2.24) is 15.5 Å². The summed E-state index contributed by atoms with van der Waals surface area (Å²) in [4.78, 5) is 14.3. The molecule has 1 aliphatic carbocycles. The molecule has 2 aliphatic rings. The van der Waals surface area contributed by atoms with E-state index in [1.807, 2.05) is 0 Å². The molecule has 28 heavy (non-hydrogen) atoms. The molecule has 0 bridgehead atoms. The fraction of sp³-hybridized carbons (Fsp3) is 0.619. The molecule has 7 heteroatoms. The van der Waals surface area contributed by atoms with Crippen molar-refractivity contribution < 1.29 is 13.9 Å². The second kappa shape index (κ2) is 10.7. The van der Waals surface area contributed by atoms with E-state index in [2.05, 4.69) is 15.5 Å². The minimum absolute atomic E-state index is 0.0803. The third-order valence-electron chi connectivity index (χ3n) is 5.49. The van der Waals surface area contributed by atoms with Gasteiger partial charge in [-0.15, -0.1) is 0 Å². The topological polar surface area (TPSA) is 53.6 Å². The molecule has 1 aromatic carbocycles. The largest absolute Gasteiger partial charge is 0.376 e. The maximum absolute atomic E-state index is 13.2. The number of thiocarbonyl (C=S) groups is 1. The van der Waals surface area contributed by atoms with Crippen LogP contribution in [-0.2, 0) is 16.1 Å². The summed E-state index contributed by atoms with van der Waals surface area (Å²) in [5.41, 5.74) is 1.01. The van der Waals surface area contributed by atoms with E-state index in [0.29, 0.717) is 24.2 Å². The van der Waals surface area contributed by atoms with Crippen molar-refractivity contribution in [2.24, 2.45) is 0 Å². The second-order valence-electron chi connectivity index (χ2n) is 7.64. The van der Waals surface area contributed by atoms with Crippen LogP contribution in [0.15, 0.2) is 24.3 Å². The average Bonchev–Trinajstić information content (AvgIpc) is 3.24. The minimum atomic E-state index is -0.239. The lowest BCUT2D eigenvalue weighted by Gasteiger charge is -2.36. The monoisotopic (exact) mass is 407 g/mol. The molecule has 1 aromatic rings. The molecule has 0 radical (unpaired) electrons. The van der Waals surface area contributed by atoms with Crippen LogP contribution in [0.4, 0.5) is 4.39 Å². The van der Waals surface area contributed by atoms with Gasteiger partial charge >= 0.3 is 0 Å². The normalized spacial score (nSPS) is 20.0. The SMILES string of the molecule is O=C(CNC(=S)N(Cc1ccc(F)cc1)C1CCCCC1)NC[C@@H]1CCCO1. The first-order chi connectivity index (χ1) is 13.6. The third kappa shape index (κ3) is 6.41. The Hall–Kier alpha value is -1.73. The lowest BCUT2D eigenvalue weighted by atomic mass is 9.94. The third-order valence-corrected chi connectivity index (χ3v) is 5.87. The van der Waals surface area contributed by atoms with Crippen LogP contribution in [-0.4, -0.2) is 47.8 Å². The number of hydrogen-bond acceptors (Lipinski definition) is 3. The molecule has 0 unspecified atom stereocenters. The molecule has 5 nitrogen and oxygen atoms in total. The van der Waals surface area contributed by atoms with Gasteiger partial charge in [0.05, 0.1) is 12.6 Å². The van der Waals surface area contributed by atoms with Crippen molar-refractivity contribution in [3.8, 4) is 0 Å². The van der Waals surface area contributed by atoms with Crippen LogP contribution in [0.1, 0.15) is 50.5 Å². The molecule has 1 saturated carbocycles. The Balaban J connectivity index is 1.52. The standard InChI is InChI=1S/C21H30FN3O2S/c22-17-10-8-16(9-11-17)15-25(18-5-2-1-3-6-18)21(28)24-14-20(26)23-13-19-7-4-12-27-19/h8-11,18-19H,1-7,12-15H2,(H,23,26)(H,24,28)/t19-/m0/s1. The lowest BCUT2D eigenvalue weighted by molar-refractivity contribution is -0.120. The zero-order valence-electron chi connectivity index (χ0n) is 16.3. The first-order valence-corrected chi connectivity index (χ1v) is 10.7. The molecule has 2 fully saturated rings. The minimum Gasteiger partial charge on any atom is -0.376 e. The molecule has 1 heterocycles.